The van der Waals surface area contributed by atoms with Gasteiger partial charge in [-0.2, -0.15) is 0 Å². The van der Waals surface area contributed by atoms with Crippen LogP contribution >= 0.6 is 0 Å². The molecule has 0 saturated carbocycles. The van der Waals surface area contributed by atoms with Crippen molar-refractivity contribution in [1.82, 2.24) is 0 Å². The van der Waals surface area contributed by atoms with E-state index in [1.807, 2.05) is 0 Å². The number of benzene rings is 9. The lowest BCUT2D eigenvalue weighted by atomic mass is 9.98. The van der Waals surface area contributed by atoms with E-state index in [-0.39, 0.29) is 0 Å². The van der Waals surface area contributed by atoms with E-state index in [2.05, 4.69) is 239 Å². The topological polar surface area (TPSA) is 22.9 Å². The van der Waals surface area contributed by atoms with Crippen molar-refractivity contribution >= 4 is 83.9 Å². The van der Waals surface area contributed by atoms with Gasteiger partial charge < -0.3 is 19.1 Å². The fraction of sp³-hybridized carbons (Fsp3) is 0. The maximum absolute atomic E-state index is 7.35. The number of hydrogen-bond donors (Lipinski definition) is 0. The Kier molecular flexibility index (Phi) is 8.47. The van der Waals surface area contributed by atoms with E-state index in [1.54, 1.807) is 0 Å². The molecule has 0 saturated heterocycles. The Morgan fingerprint density at radius 3 is 1.00 bits per heavy atom. The smallest absolute Gasteiger partial charge is 0.161 e. The zero-order valence-corrected chi connectivity index (χ0v) is 30.6. The number of hydrogen-bond acceptors (Lipinski definition) is 4. The molecule has 4 heteroatoms. The molecule has 266 valence electrons. The molecule has 0 radical (unpaired) electrons. The van der Waals surface area contributed by atoms with Crippen LogP contribution in [-0.2, 0) is 0 Å². The van der Waals surface area contributed by atoms with Crippen LogP contribution < -0.4 is 14.7 Å². The molecule has 9 aromatic carbocycles. The van der Waals surface area contributed by atoms with Crippen molar-refractivity contribution in [2.24, 2.45) is 0 Å². The zero-order valence-electron chi connectivity index (χ0n) is 30.6. The van der Waals surface area contributed by atoms with E-state index in [0.717, 1.165) is 83.9 Å². The van der Waals surface area contributed by atoms with Crippen LogP contribution in [0.1, 0.15) is 0 Å². The standard InChI is InChI=1S/C52H37N3O/c1-7-21-38(22-8-1)53(39-23-9-2-10-24-39)46-35-36-47(54(40-25-11-3-12-26-40)41-27-13-4-14-28-41)52-51(46)50-45-34-20-19-33-44(45)48(37-49(50)56-52)55(42-29-15-5-16-30-42)43-31-17-6-18-32-43/h1-37H. The quantitative estimate of drug-likeness (QED) is 0.148. The number of furan rings is 1. The van der Waals surface area contributed by atoms with Crippen molar-refractivity contribution in [2.75, 3.05) is 14.7 Å². The second-order valence-corrected chi connectivity index (χ2v) is 13.7. The Morgan fingerprint density at radius 2 is 0.589 bits per heavy atom. The molecule has 10 aromatic rings. The zero-order chi connectivity index (χ0) is 37.3. The normalized spacial score (nSPS) is 11.2. The van der Waals surface area contributed by atoms with Gasteiger partial charge in [0.05, 0.1) is 22.4 Å². The number of nitrogens with zero attached hydrogens (tertiary/aromatic N) is 3. The maximum atomic E-state index is 7.35. The molecule has 0 fully saturated rings. The Balaban J connectivity index is 1.35. The average molecular weight is 720 g/mol. The minimum absolute atomic E-state index is 0.801. The summed E-state index contributed by atoms with van der Waals surface area (Å²) in [5.41, 5.74) is 11.0. The van der Waals surface area contributed by atoms with Crippen LogP contribution in [0, 0.1) is 0 Å². The van der Waals surface area contributed by atoms with Crippen LogP contribution in [0.2, 0.25) is 0 Å². The first-order valence-electron chi connectivity index (χ1n) is 19.0. The van der Waals surface area contributed by atoms with Crippen molar-refractivity contribution in [2.45, 2.75) is 0 Å². The van der Waals surface area contributed by atoms with Crippen LogP contribution in [0.5, 0.6) is 0 Å². The van der Waals surface area contributed by atoms with E-state index < -0.39 is 0 Å². The van der Waals surface area contributed by atoms with Gasteiger partial charge in [-0.25, -0.2) is 0 Å². The van der Waals surface area contributed by atoms with E-state index in [1.165, 1.54) is 0 Å². The highest BCUT2D eigenvalue weighted by molar-refractivity contribution is 6.27. The van der Waals surface area contributed by atoms with Crippen molar-refractivity contribution in [1.29, 1.82) is 0 Å². The lowest BCUT2D eigenvalue weighted by Gasteiger charge is -2.29. The van der Waals surface area contributed by atoms with Crippen molar-refractivity contribution in [3.05, 3.63) is 224 Å². The molecular weight excluding hydrogens is 683 g/mol. The van der Waals surface area contributed by atoms with Gasteiger partial charge in [0.2, 0.25) is 0 Å². The minimum Gasteiger partial charge on any atom is -0.454 e. The highest BCUT2D eigenvalue weighted by Gasteiger charge is 2.27. The summed E-state index contributed by atoms with van der Waals surface area (Å²) >= 11 is 0. The van der Waals surface area contributed by atoms with Gasteiger partial charge in [0.15, 0.2) is 5.58 Å². The SMILES string of the molecule is c1ccc(N(c2ccccc2)c2cc3oc4c(N(c5ccccc5)c5ccccc5)ccc(N(c5ccccc5)c5ccccc5)c4c3c3ccccc23)cc1. The molecule has 0 bridgehead atoms. The Labute approximate surface area is 326 Å². The molecule has 0 aliphatic carbocycles. The fourth-order valence-corrected chi connectivity index (χ4v) is 7.98. The molecule has 1 aromatic heterocycles. The maximum Gasteiger partial charge on any atom is 0.161 e. The third-order valence-electron chi connectivity index (χ3n) is 10.4. The average Bonchev–Trinajstić information content (AvgIpc) is 3.67. The first-order chi connectivity index (χ1) is 27.8. The van der Waals surface area contributed by atoms with E-state index >= 15 is 0 Å². The van der Waals surface area contributed by atoms with Gasteiger partial charge in [-0.3, -0.25) is 0 Å². The third-order valence-corrected chi connectivity index (χ3v) is 10.4. The molecule has 0 amide bonds. The molecule has 10 rings (SSSR count). The molecule has 0 unspecified atom stereocenters. The van der Waals surface area contributed by atoms with Gasteiger partial charge in [0, 0.05) is 51.0 Å². The van der Waals surface area contributed by atoms with Gasteiger partial charge in [-0.05, 0) is 90.3 Å². The summed E-state index contributed by atoms with van der Waals surface area (Å²) in [6.45, 7) is 0. The molecule has 0 atom stereocenters. The molecule has 0 aliphatic heterocycles. The first kappa shape index (κ1) is 33.0. The van der Waals surface area contributed by atoms with Crippen molar-refractivity contribution < 1.29 is 4.42 Å². The number of rotatable bonds is 9. The highest BCUT2D eigenvalue weighted by Crippen LogP contribution is 2.52. The van der Waals surface area contributed by atoms with E-state index in [4.69, 9.17) is 4.42 Å². The summed E-state index contributed by atoms with van der Waals surface area (Å²) in [4.78, 5) is 6.98. The molecular formula is C52H37N3O. The summed E-state index contributed by atoms with van der Waals surface area (Å²) in [7, 11) is 0. The molecule has 0 spiro atoms. The lowest BCUT2D eigenvalue weighted by molar-refractivity contribution is 0.669. The van der Waals surface area contributed by atoms with Crippen molar-refractivity contribution in [3.63, 3.8) is 0 Å². The molecule has 0 N–H and O–H groups in total. The van der Waals surface area contributed by atoms with Crippen LogP contribution in [0.4, 0.5) is 51.2 Å². The summed E-state index contributed by atoms with van der Waals surface area (Å²) < 4.78 is 7.35. The summed E-state index contributed by atoms with van der Waals surface area (Å²) in [5, 5.41) is 4.34. The van der Waals surface area contributed by atoms with Gasteiger partial charge in [0.25, 0.3) is 0 Å². The fourth-order valence-electron chi connectivity index (χ4n) is 7.98. The van der Waals surface area contributed by atoms with E-state index in [9.17, 15) is 0 Å². The Morgan fingerprint density at radius 1 is 0.268 bits per heavy atom. The van der Waals surface area contributed by atoms with Gasteiger partial charge in [-0.15, -0.1) is 0 Å². The van der Waals surface area contributed by atoms with E-state index in [0.29, 0.717) is 0 Å². The van der Waals surface area contributed by atoms with Crippen LogP contribution in [0.25, 0.3) is 32.7 Å². The molecule has 4 nitrogen and oxygen atoms in total. The second-order valence-electron chi connectivity index (χ2n) is 13.7. The van der Waals surface area contributed by atoms with Gasteiger partial charge in [0.1, 0.15) is 5.58 Å². The Hall–Kier alpha value is -7.56. The van der Waals surface area contributed by atoms with Crippen LogP contribution in [0.15, 0.2) is 229 Å². The summed E-state index contributed by atoms with van der Waals surface area (Å²) in [6, 6.07) is 78.9. The number of para-hydroxylation sites is 6. The summed E-state index contributed by atoms with van der Waals surface area (Å²) in [5.74, 6) is 0. The van der Waals surface area contributed by atoms with Crippen molar-refractivity contribution in [3.8, 4) is 0 Å². The van der Waals surface area contributed by atoms with Crippen LogP contribution in [0.3, 0.4) is 0 Å². The molecule has 56 heavy (non-hydrogen) atoms. The Bertz CT molecular complexity index is 2780. The highest BCUT2D eigenvalue weighted by atomic mass is 16.3. The largest absolute Gasteiger partial charge is 0.454 e. The first-order valence-corrected chi connectivity index (χ1v) is 19.0. The van der Waals surface area contributed by atoms with Crippen LogP contribution in [-0.4, -0.2) is 0 Å². The third kappa shape index (κ3) is 5.81. The second kappa shape index (κ2) is 14.3. The predicted octanol–water partition coefficient (Wildman–Crippen LogP) is 15.1. The minimum atomic E-state index is 0.801. The summed E-state index contributed by atoms with van der Waals surface area (Å²) in [6.07, 6.45) is 0. The monoisotopic (exact) mass is 719 g/mol. The van der Waals surface area contributed by atoms with Gasteiger partial charge in [-0.1, -0.05) is 133 Å². The number of anilines is 9. The molecule has 1 heterocycles. The number of fused-ring (bicyclic) bond motifs is 5. The van der Waals surface area contributed by atoms with Gasteiger partial charge >= 0.3 is 0 Å². The lowest BCUT2D eigenvalue weighted by Crippen LogP contribution is -2.13. The molecule has 0 aliphatic rings. The predicted molar refractivity (Wildman–Crippen MR) is 235 cm³/mol.